The zero-order chi connectivity index (χ0) is 11.3. The molecule has 3 heteroatoms. The second-order valence-electron chi connectivity index (χ2n) is 5.09. The number of piperazine rings is 1. The highest BCUT2D eigenvalue weighted by atomic mass is 15.2. The molecule has 1 saturated heterocycles. The molecule has 15 heavy (non-hydrogen) atoms. The van der Waals surface area contributed by atoms with Crippen LogP contribution in [0.15, 0.2) is 0 Å². The van der Waals surface area contributed by atoms with E-state index in [4.69, 9.17) is 0 Å². The van der Waals surface area contributed by atoms with Crippen molar-refractivity contribution in [3.05, 3.63) is 0 Å². The van der Waals surface area contributed by atoms with Crippen molar-refractivity contribution in [2.45, 2.75) is 26.8 Å². The van der Waals surface area contributed by atoms with Crippen LogP contribution < -0.4 is 10.6 Å². The van der Waals surface area contributed by atoms with Crippen molar-refractivity contribution in [3.8, 4) is 0 Å². The van der Waals surface area contributed by atoms with Gasteiger partial charge in [-0.25, -0.2) is 0 Å². The third-order valence-corrected chi connectivity index (χ3v) is 3.42. The van der Waals surface area contributed by atoms with Crippen molar-refractivity contribution < 1.29 is 0 Å². The second-order valence-corrected chi connectivity index (χ2v) is 5.09. The summed E-state index contributed by atoms with van der Waals surface area (Å²) < 4.78 is 0. The molecule has 1 rings (SSSR count). The first kappa shape index (κ1) is 12.9. The first-order valence-corrected chi connectivity index (χ1v) is 6.25. The lowest BCUT2D eigenvalue weighted by Gasteiger charge is -2.34. The van der Waals surface area contributed by atoms with Crippen molar-refractivity contribution in [2.75, 3.05) is 39.8 Å². The van der Waals surface area contributed by atoms with Crippen molar-refractivity contribution >= 4 is 0 Å². The van der Waals surface area contributed by atoms with E-state index in [-0.39, 0.29) is 0 Å². The maximum atomic E-state index is 3.45. The van der Waals surface area contributed by atoms with Crippen LogP contribution in [0.25, 0.3) is 0 Å². The molecule has 1 aliphatic rings. The van der Waals surface area contributed by atoms with Crippen molar-refractivity contribution in [2.24, 2.45) is 11.8 Å². The molecule has 90 valence electrons. The fourth-order valence-electron chi connectivity index (χ4n) is 2.69. The number of hydrogen-bond acceptors (Lipinski definition) is 3. The Morgan fingerprint density at radius 2 is 1.80 bits per heavy atom. The Balaban J connectivity index is 2.34. The van der Waals surface area contributed by atoms with Gasteiger partial charge in [-0.15, -0.1) is 0 Å². The molecule has 0 amide bonds. The summed E-state index contributed by atoms with van der Waals surface area (Å²) in [6.45, 7) is 12.9. The zero-order valence-corrected chi connectivity index (χ0v) is 10.7. The molecule has 0 saturated carbocycles. The summed E-state index contributed by atoms with van der Waals surface area (Å²) in [5, 5.41) is 6.85. The third kappa shape index (κ3) is 4.09. The van der Waals surface area contributed by atoms with Crippen molar-refractivity contribution in [1.29, 1.82) is 0 Å². The molecule has 0 aromatic heterocycles. The van der Waals surface area contributed by atoms with Crippen LogP contribution in [0.5, 0.6) is 0 Å². The Hall–Kier alpha value is -0.120. The van der Waals surface area contributed by atoms with Crippen molar-refractivity contribution in [3.63, 3.8) is 0 Å². The molecule has 0 bridgehead atoms. The average Bonchev–Trinajstić information content (AvgIpc) is 2.19. The summed E-state index contributed by atoms with van der Waals surface area (Å²) in [5.74, 6) is 1.45. The SMILES string of the molecule is CNC(C(C)C)C(C)CN1CCNCC1. The van der Waals surface area contributed by atoms with Gasteiger partial charge in [-0.1, -0.05) is 20.8 Å². The summed E-state index contributed by atoms with van der Waals surface area (Å²) >= 11 is 0. The van der Waals surface area contributed by atoms with E-state index in [0.29, 0.717) is 12.0 Å². The first-order chi connectivity index (χ1) is 7.15. The van der Waals surface area contributed by atoms with Gasteiger partial charge in [-0.3, -0.25) is 0 Å². The lowest BCUT2D eigenvalue weighted by Crippen LogP contribution is -2.48. The Labute approximate surface area is 94.6 Å². The van der Waals surface area contributed by atoms with Crippen LogP contribution >= 0.6 is 0 Å². The molecule has 0 spiro atoms. The van der Waals surface area contributed by atoms with E-state index in [2.05, 4.69) is 43.4 Å². The van der Waals surface area contributed by atoms with Gasteiger partial charge in [0.1, 0.15) is 0 Å². The maximum Gasteiger partial charge on any atom is 0.0125 e. The van der Waals surface area contributed by atoms with Crippen LogP contribution in [0.1, 0.15) is 20.8 Å². The Kier molecular flexibility index (Phi) is 5.58. The molecule has 1 aliphatic heterocycles. The predicted molar refractivity (Wildman–Crippen MR) is 66.2 cm³/mol. The number of rotatable bonds is 5. The highest BCUT2D eigenvalue weighted by molar-refractivity contribution is 4.79. The standard InChI is InChI=1S/C12H27N3/c1-10(2)12(13-4)11(3)9-15-7-5-14-6-8-15/h10-14H,5-9H2,1-4H3. The van der Waals surface area contributed by atoms with Crippen molar-refractivity contribution in [1.82, 2.24) is 15.5 Å². The van der Waals surface area contributed by atoms with Gasteiger partial charge in [0.25, 0.3) is 0 Å². The normalized spacial score (nSPS) is 23.0. The molecule has 2 unspecified atom stereocenters. The van der Waals surface area contributed by atoms with Gasteiger partial charge in [-0.2, -0.15) is 0 Å². The summed E-state index contributed by atoms with van der Waals surface area (Å²) in [4.78, 5) is 2.58. The number of nitrogens with one attached hydrogen (secondary N) is 2. The lowest BCUT2D eigenvalue weighted by atomic mass is 9.91. The largest absolute Gasteiger partial charge is 0.316 e. The number of nitrogens with zero attached hydrogens (tertiary/aromatic N) is 1. The van der Waals surface area contributed by atoms with E-state index >= 15 is 0 Å². The quantitative estimate of drug-likeness (QED) is 0.706. The Morgan fingerprint density at radius 1 is 1.20 bits per heavy atom. The van der Waals surface area contributed by atoms with E-state index in [1.807, 2.05) is 0 Å². The monoisotopic (exact) mass is 213 g/mol. The minimum absolute atomic E-state index is 0.639. The van der Waals surface area contributed by atoms with E-state index in [1.54, 1.807) is 0 Å². The molecule has 0 aromatic rings. The summed E-state index contributed by atoms with van der Waals surface area (Å²) in [7, 11) is 2.08. The molecule has 3 nitrogen and oxygen atoms in total. The minimum Gasteiger partial charge on any atom is -0.316 e. The topological polar surface area (TPSA) is 27.3 Å². The van der Waals surface area contributed by atoms with Crippen LogP contribution in [0.2, 0.25) is 0 Å². The zero-order valence-electron chi connectivity index (χ0n) is 10.7. The van der Waals surface area contributed by atoms with Crippen LogP contribution in [0.3, 0.4) is 0 Å². The van der Waals surface area contributed by atoms with E-state index < -0.39 is 0 Å². The van der Waals surface area contributed by atoms with Gasteiger partial charge in [-0.05, 0) is 18.9 Å². The highest BCUT2D eigenvalue weighted by Gasteiger charge is 2.21. The molecular formula is C12H27N3. The van der Waals surface area contributed by atoms with Gasteiger partial charge in [0.05, 0.1) is 0 Å². The maximum absolute atomic E-state index is 3.45. The molecule has 1 fully saturated rings. The van der Waals surface area contributed by atoms with Crippen LogP contribution in [0, 0.1) is 11.8 Å². The first-order valence-electron chi connectivity index (χ1n) is 6.25. The predicted octanol–water partition coefficient (Wildman–Crippen LogP) is 0.772. The fourth-order valence-corrected chi connectivity index (χ4v) is 2.69. The van der Waals surface area contributed by atoms with Gasteiger partial charge in [0.15, 0.2) is 0 Å². The molecule has 2 N–H and O–H groups in total. The van der Waals surface area contributed by atoms with Gasteiger partial charge in [0, 0.05) is 38.8 Å². The average molecular weight is 213 g/mol. The molecule has 0 radical (unpaired) electrons. The molecule has 2 atom stereocenters. The van der Waals surface area contributed by atoms with E-state index in [0.717, 1.165) is 19.0 Å². The minimum atomic E-state index is 0.639. The summed E-state index contributed by atoms with van der Waals surface area (Å²) in [6.07, 6.45) is 0. The highest BCUT2D eigenvalue weighted by Crippen LogP contribution is 2.14. The van der Waals surface area contributed by atoms with Crippen LogP contribution in [0.4, 0.5) is 0 Å². The molecule has 0 aliphatic carbocycles. The Morgan fingerprint density at radius 3 is 2.27 bits per heavy atom. The molecule has 0 aromatic carbocycles. The third-order valence-electron chi connectivity index (χ3n) is 3.42. The molecule has 1 heterocycles. The summed E-state index contributed by atoms with van der Waals surface area (Å²) in [6, 6.07) is 0.639. The van der Waals surface area contributed by atoms with Gasteiger partial charge >= 0.3 is 0 Å². The smallest absolute Gasteiger partial charge is 0.0125 e. The Bertz CT molecular complexity index is 164. The van der Waals surface area contributed by atoms with Crippen LogP contribution in [-0.4, -0.2) is 50.7 Å². The molecular weight excluding hydrogens is 186 g/mol. The van der Waals surface area contributed by atoms with Gasteiger partial charge < -0.3 is 15.5 Å². The van der Waals surface area contributed by atoms with E-state index in [1.165, 1.54) is 19.6 Å². The number of hydrogen-bond donors (Lipinski definition) is 2. The van der Waals surface area contributed by atoms with E-state index in [9.17, 15) is 0 Å². The second kappa shape index (κ2) is 6.46. The van der Waals surface area contributed by atoms with Crippen LogP contribution in [-0.2, 0) is 0 Å². The fraction of sp³-hybridized carbons (Fsp3) is 1.00. The summed E-state index contributed by atoms with van der Waals surface area (Å²) in [5.41, 5.74) is 0. The van der Waals surface area contributed by atoms with Gasteiger partial charge in [0.2, 0.25) is 0 Å². The lowest BCUT2D eigenvalue weighted by molar-refractivity contribution is 0.178.